The van der Waals surface area contributed by atoms with Gasteiger partial charge in [0.15, 0.2) is 5.96 Å². The maximum Gasteiger partial charge on any atom is 0.191 e. The highest BCUT2D eigenvalue weighted by molar-refractivity contribution is 14.0. The van der Waals surface area contributed by atoms with Crippen molar-refractivity contribution in [1.82, 2.24) is 15.6 Å². The number of nitrogens with zero attached hydrogens (tertiary/aromatic N) is 2. The van der Waals surface area contributed by atoms with E-state index in [-0.39, 0.29) is 24.0 Å². The predicted octanol–water partition coefficient (Wildman–Crippen LogP) is 3.99. The summed E-state index contributed by atoms with van der Waals surface area (Å²) in [6, 6.07) is 13.9. The molecule has 2 aromatic rings. The van der Waals surface area contributed by atoms with E-state index in [1.165, 1.54) is 5.56 Å². The molecule has 0 unspecified atom stereocenters. The molecule has 0 bridgehead atoms. The van der Waals surface area contributed by atoms with Gasteiger partial charge in [0, 0.05) is 26.3 Å². The van der Waals surface area contributed by atoms with Gasteiger partial charge in [-0.3, -0.25) is 9.98 Å². The highest BCUT2D eigenvalue weighted by atomic mass is 127. The van der Waals surface area contributed by atoms with Gasteiger partial charge >= 0.3 is 0 Å². The van der Waals surface area contributed by atoms with Crippen molar-refractivity contribution in [2.45, 2.75) is 33.4 Å². The van der Waals surface area contributed by atoms with E-state index in [0.717, 1.165) is 36.9 Å². The Morgan fingerprint density at radius 1 is 1.12 bits per heavy atom. The molecular weight excluding hydrogens is 439 g/mol. The molecule has 1 heterocycles. The molecule has 0 fully saturated rings. The van der Waals surface area contributed by atoms with Gasteiger partial charge in [-0.2, -0.15) is 0 Å². The Labute approximate surface area is 173 Å². The topological polar surface area (TPSA) is 58.5 Å². The van der Waals surface area contributed by atoms with E-state index in [1.807, 2.05) is 30.3 Å². The van der Waals surface area contributed by atoms with Crippen LogP contribution in [0.25, 0.3) is 0 Å². The van der Waals surface area contributed by atoms with E-state index >= 15 is 0 Å². The second-order valence-electron chi connectivity index (χ2n) is 6.29. The number of aliphatic imine (C=N–C) groups is 1. The molecule has 2 rings (SSSR count). The molecule has 142 valence electrons. The van der Waals surface area contributed by atoms with Crippen molar-refractivity contribution in [3.63, 3.8) is 0 Å². The lowest BCUT2D eigenvalue weighted by Crippen LogP contribution is -2.37. The normalized spacial score (nSPS) is 11.0. The SMILES string of the molecule is CN=C(NCCC(C)C)NCc1ccc(OCc2ccccn2)cc1.I. The van der Waals surface area contributed by atoms with Crippen LogP contribution in [0.1, 0.15) is 31.5 Å². The molecular formula is C20H29IN4O. The van der Waals surface area contributed by atoms with E-state index in [2.05, 4.69) is 46.6 Å². The summed E-state index contributed by atoms with van der Waals surface area (Å²) >= 11 is 0. The molecule has 0 spiro atoms. The number of aromatic nitrogens is 1. The third-order valence-electron chi connectivity index (χ3n) is 3.73. The number of rotatable bonds is 8. The number of nitrogens with one attached hydrogen (secondary N) is 2. The molecule has 1 aromatic carbocycles. The average molecular weight is 468 g/mol. The molecule has 0 aliphatic carbocycles. The fraction of sp³-hybridized carbons (Fsp3) is 0.400. The summed E-state index contributed by atoms with van der Waals surface area (Å²) in [5.41, 5.74) is 2.10. The smallest absolute Gasteiger partial charge is 0.191 e. The number of guanidine groups is 1. The van der Waals surface area contributed by atoms with Crippen molar-refractivity contribution in [2.75, 3.05) is 13.6 Å². The fourth-order valence-corrected chi connectivity index (χ4v) is 2.23. The molecule has 0 saturated heterocycles. The molecule has 0 aliphatic rings. The summed E-state index contributed by atoms with van der Waals surface area (Å²) < 4.78 is 5.75. The van der Waals surface area contributed by atoms with Crippen LogP contribution in [-0.4, -0.2) is 24.5 Å². The molecule has 6 heteroatoms. The molecule has 0 amide bonds. The van der Waals surface area contributed by atoms with Crippen molar-refractivity contribution < 1.29 is 4.74 Å². The molecule has 1 aromatic heterocycles. The summed E-state index contributed by atoms with van der Waals surface area (Å²) in [5, 5.41) is 6.65. The monoisotopic (exact) mass is 468 g/mol. The molecule has 0 aliphatic heterocycles. The van der Waals surface area contributed by atoms with Crippen LogP contribution in [0, 0.1) is 5.92 Å². The average Bonchev–Trinajstić information content (AvgIpc) is 2.64. The standard InChI is InChI=1S/C20H28N4O.HI/c1-16(2)11-13-23-20(21-3)24-14-17-7-9-19(10-8-17)25-15-18-6-4-5-12-22-18;/h4-10,12,16H,11,13-15H2,1-3H3,(H2,21,23,24);1H. The zero-order chi connectivity index (χ0) is 17.9. The minimum atomic E-state index is 0. The summed E-state index contributed by atoms with van der Waals surface area (Å²) in [6.45, 7) is 6.56. The number of ether oxygens (including phenoxy) is 1. The first-order valence-corrected chi connectivity index (χ1v) is 8.73. The first-order valence-electron chi connectivity index (χ1n) is 8.73. The number of hydrogen-bond donors (Lipinski definition) is 2. The Hall–Kier alpha value is -1.83. The minimum absolute atomic E-state index is 0. The van der Waals surface area contributed by atoms with Crippen LogP contribution in [0.3, 0.4) is 0 Å². The van der Waals surface area contributed by atoms with Crippen molar-refractivity contribution in [3.05, 3.63) is 59.9 Å². The Morgan fingerprint density at radius 3 is 2.50 bits per heavy atom. The third-order valence-corrected chi connectivity index (χ3v) is 3.73. The highest BCUT2D eigenvalue weighted by Crippen LogP contribution is 2.13. The summed E-state index contributed by atoms with van der Waals surface area (Å²) in [6.07, 6.45) is 2.90. The number of pyridine rings is 1. The van der Waals surface area contributed by atoms with Gasteiger partial charge in [0.2, 0.25) is 0 Å². The lowest BCUT2D eigenvalue weighted by atomic mass is 10.1. The highest BCUT2D eigenvalue weighted by Gasteiger charge is 2.01. The van der Waals surface area contributed by atoms with Crippen LogP contribution in [-0.2, 0) is 13.2 Å². The summed E-state index contributed by atoms with van der Waals surface area (Å²) in [7, 11) is 1.79. The minimum Gasteiger partial charge on any atom is -0.487 e. The van der Waals surface area contributed by atoms with Crippen molar-refractivity contribution >= 4 is 29.9 Å². The summed E-state index contributed by atoms with van der Waals surface area (Å²) in [4.78, 5) is 8.49. The molecule has 0 atom stereocenters. The zero-order valence-electron chi connectivity index (χ0n) is 15.7. The quantitative estimate of drug-likeness (QED) is 0.350. The van der Waals surface area contributed by atoms with Crippen molar-refractivity contribution in [1.29, 1.82) is 0 Å². The Balaban J connectivity index is 0.00000338. The number of halogens is 1. The van der Waals surface area contributed by atoms with Gasteiger partial charge in [0.25, 0.3) is 0 Å². The second-order valence-corrected chi connectivity index (χ2v) is 6.29. The number of hydrogen-bond acceptors (Lipinski definition) is 3. The third kappa shape index (κ3) is 8.51. The fourth-order valence-electron chi connectivity index (χ4n) is 2.23. The number of benzene rings is 1. The first-order chi connectivity index (χ1) is 12.2. The van der Waals surface area contributed by atoms with Gasteiger partial charge in [-0.1, -0.05) is 32.0 Å². The lowest BCUT2D eigenvalue weighted by Gasteiger charge is -2.13. The second kappa shape index (κ2) is 12.5. The van der Waals surface area contributed by atoms with E-state index in [0.29, 0.717) is 12.5 Å². The van der Waals surface area contributed by atoms with E-state index < -0.39 is 0 Å². The Kier molecular flexibility index (Phi) is 10.7. The maximum atomic E-state index is 5.75. The van der Waals surface area contributed by atoms with Crippen LogP contribution in [0.15, 0.2) is 53.7 Å². The van der Waals surface area contributed by atoms with Crippen molar-refractivity contribution in [2.24, 2.45) is 10.9 Å². The van der Waals surface area contributed by atoms with Crippen LogP contribution in [0.5, 0.6) is 5.75 Å². The maximum absolute atomic E-state index is 5.75. The van der Waals surface area contributed by atoms with Crippen molar-refractivity contribution in [3.8, 4) is 5.75 Å². The molecule has 5 nitrogen and oxygen atoms in total. The largest absolute Gasteiger partial charge is 0.487 e. The Bertz CT molecular complexity index is 645. The van der Waals surface area contributed by atoms with E-state index in [9.17, 15) is 0 Å². The van der Waals surface area contributed by atoms with Gasteiger partial charge < -0.3 is 15.4 Å². The summed E-state index contributed by atoms with van der Waals surface area (Å²) in [5.74, 6) is 2.36. The van der Waals surface area contributed by atoms with Gasteiger partial charge in [-0.25, -0.2) is 0 Å². The first kappa shape index (κ1) is 22.2. The van der Waals surface area contributed by atoms with Crippen LogP contribution in [0.4, 0.5) is 0 Å². The molecule has 26 heavy (non-hydrogen) atoms. The van der Waals surface area contributed by atoms with Gasteiger partial charge in [0.05, 0.1) is 5.69 Å². The van der Waals surface area contributed by atoms with Crippen LogP contribution >= 0.6 is 24.0 Å². The Morgan fingerprint density at radius 2 is 1.88 bits per heavy atom. The van der Waals surface area contributed by atoms with Gasteiger partial charge in [0.1, 0.15) is 12.4 Å². The lowest BCUT2D eigenvalue weighted by molar-refractivity contribution is 0.301. The van der Waals surface area contributed by atoms with Crippen LogP contribution < -0.4 is 15.4 Å². The van der Waals surface area contributed by atoms with E-state index in [4.69, 9.17) is 4.74 Å². The zero-order valence-corrected chi connectivity index (χ0v) is 18.1. The molecule has 0 radical (unpaired) electrons. The van der Waals surface area contributed by atoms with Crippen LogP contribution in [0.2, 0.25) is 0 Å². The predicted molar refractivity (Wildman–Crippen MR) is 118 cm³/mol. The van der Waals surface area contributed by atoms with Gasteiger partial charge in [-0.05, 0) is 42.2 Å². The van der Waals surface area contributed by atoms with E-state index in [1.54, 1.807) is 13.2 Å². The molecule has 0 saturated carbocycles. The van der Waals surface area contributed by atoms with Gasteiger partial charge in [-0.15, -0.1) is 24.0 Å². The molecule has 2 N–H and O–H groups in total.